The molecule has 0 saturated carbocycles. The van der Waals surface area contributed by atoms with Crippen LogP contribution in [0.4, 0.5) is 0 Å². The van der Waals surface area contributed by atoms with Gasteiger partial charge in [0.2, 0.25) is 0 Å². The fourth-order valence-corrected chi connectivity index (χ4v) is 2.94. The van der Waals surface area contributed by atoms with Gasteiger partial charge in [0, 0.05) is 42.8 Å². The summed E-state index contributed by atoms with van der Waals surface area (Å²) in [7, 11) is 5.94. The Kier molecular flexibility index (Phi) is 4.84. The summed E-state index contributed by atoms with van der Waals surface area (Å²) in [6, 6.07) is 8.51. The van der Waals surface area contributed by atoms with E-state index in [4.69, 9.17) is 0 Å². The standard InChI is InChI=1S/C15H22N4S/c1-12-7-8-14(20-12)10-17-15(16-2)19(4)11-13-6-5-9-18(13)3/h5-9H,10-11H2,1-4H3,(H,16,17). The highest BCUT2D eigenvalue weighted by atomic mass is 32.1. The maximum absolute atomic E-state index is 4.35. The van der Waals surface area contributed by atoms with E-state index in [9.17, 15) is 0 Å². The lowest BCUT2D eigenvalue weighted by Gasteiger charge is -2.22. The normalized spacial score (nSPS) is 11.7. The van der Waals surface area contributed by atoms with Gasteiger partial charge in [0.05, 0.1) is 13.1 Å². The Labute approximate surface area is 124 Å². The third kappa shape index (κ3) is 3.63. The number of aryl methyl sites for hydroxylation is 2. The van der Waals surface area contributed by atoms with Crippen LogP contribution in [-0.4, -0.2) is 29.5 Å². The van der Waals surface area contributed by atoms with Crippen LogP contribution in [0.2, 0.25) is 0 Å². The minimum Gasteiger partial charge on any atom is -0.353 e. The molecule has 2 rings (SSSR count). The summed E-state index contributed by atoms with van der Waals surface area (Å²) in [5, 5.41) is 3.41. The summed E-state index contributed by atoms with van der Waals surface area (Å²) in [5.41, 5.74) is 1.27. The molecule has 0 aliphatic heterocycles. The molecule has 2 aromatic heterocycles. The molecular weight excluding hydrogens is 268 g/mol. The quantitative estimate of drug-likeness (QED) is 0.693. The Bertz CT molecular complexity index is 582. The highest BCUT2D eigenvalue weighted by Crippen LogP contribution is 2.14. The van der Waals surface area contributed by atoms with Gasteiger partial charge in [-0.15, -0.1) is 11.3 Å². The molecule has 0 aliphatic carbocycles. The van der Waals surface area contributed by atoms with Crippen molar-refractivity contribution in [2.45, 2.75) is 20.0 Å². The summed E-state index contributed by atoms with van der Waals surface area (Å²) >= 11 is 1.82. The van der Waals surface area contributed by atoms with E-state index in [1.165, 1.54) is 15.4 Å². The number of hydrogen-bond donors (Lipinski definition) is 1. The van der Waals surface area contributed by atoms with E-state index >= 15 is 0 Å². The molecule has 0 aliphatic rings. The Morgan fingerprint density at radius 2 is 2.20 bits per heavy atom. The molecule has 20 heavy (non-hydrogen) atoms. The molecule has 0 atom stereocenters. The van der Waals surface area contributed by atoms with Gasteiger partial charge in [0.25, 0.3) is 0 Å². The number of hydrogen-bond acceptors (Lipinski definition) is 2. The predicted molar refractivity (Wildman–Crippen MR) is 86.1 cm³/mol. The first kappa shape index (κ1) is 14.7. The fraction of sp³-hybridized carbons (Fsp3) is 0.400. The average molecular weight is 290 g/mol. The minimum atomic E-state index is 0.822. The maximum Gasteiger partial charge on any atom is 0.194 e. The van der Waals surface area contributed by atoms with Crippen LogP contribution in [-0.2, 0) is 20.1 Å². The summed E-state index contributed by atoms with van der Waals surface area (Å²) in [4.78, 5) is 9.15. The van der Waals surface area contributed by atoms with Gasteiger partial charge in [0.1, 0.15) is 0 Å². The molecule has 0 aromatic carbocycles. The van der Waals surface area contributed by atoms with Crippen LogP contribution in [0.1, 0.15) is 15.4 Å². The molecule has 0 spiro atoms. The summed E-state index contributed by atoms with van der Waals surface area (Å²) < 4.78 is 2.13. The van der Waals surface area contributed by atoms with E-state index < -0.39 is 0 Å². The smallest absolute Gasteiger partial charge is 0.194 e. The lowest BCUT2D eigenvalue weighted by molar-refractivity contribution is 0.462. The van der Waals surface area contributed by atoms with Crippen molar-refractivity contribution >= 4 is 17.3 Å². The second-order valence-electron chi connectivity index (χ2n) is 4.88. The van der Waals surface area contributed by atoms with E-state index in [-0.39, 0.29) is 0 Å². The van der Waals surface area contributed by atoms with Crippen LogP contribution in [0.5, 0.6) is 0 Å². The zero-order valence-corrected chi connectivity index (χ0v) is 13.4. The lowest BCUT2D eigenvalue weighted by atomic mass is 10.4. The van der Waals surface area contributed by atoms with E-state index in [1.807, 2.05) is 18.4 Å². The Balaban J connectivity index is 1.93. The van der Waals surface area contributed by atoms with Crippen LogP contribution >= 0.6 is 11.3 Å². The van der Waals surface area contributed by atoms with Crippen molar-refractivity contribution in [1.82, 2.24) is 14.8 Å². The second kappa shape index (κ2) is 6.61. The zero-order chi connectivity index (χ0) is 14.5. The SMILES string of the molecule is CN=C(NCc1ccc(C)s1)N(C)Cc1cccn1C. The van der Waals surface area contributed by atoms with Crippen molar-refractivity contribution in [2.75, 3.05) is 14.1 Å². The molecule has 1 N–H and O–H groups in total. The molecule has 2 aromatic rings. The third-order valence-corrected chi connectivity index (χ3v) is 4.24. The van der Waals surface area contributed by atoms with Gasteiger partial charge in [0.15, 0.2) is 5.96 Å². The van der Waals surface area contributed by atoms with E-state index in [0.29, 0.717) is 0 Å². The number of aliphatic imine (C=N–C) groups is 1. The third-order valence-electron chi connectivity index (χ3n) is 3.24. The molecule has 108 valence electrons. The minimum absolute atomic E-state index is 0.822. The second-order valence-corrected chi connectivity index (χ2v) is 6.25. The first-order valence-electron chi connectivity index (χ1n) is 6.67. The first-order chi connectivity index (χ1) is 9.60. The molecule has 0 radical (unpaired) electrons. The number of guanidine groups is 1. The number of thiophene rings is 1. The van der Waals surface area contributed by atoms with Gasteiger partial charge >= 0.3 is 0 Å². The van der Waals surface area contributed by atoms with Crippen LogP contribution < -0.4 is 5.32 Å². The van der Waals surface area contributed by atoms with Crippen molar-refractivity contribution in [3.63, 3.8) is 0 Å². The number of aromatic nitrogens is 1. The largest absolute Gasteiger partial charge is 0.353 e. The van der Waals surface area contributed by atoms with Gasteiger partial charge in [-0.3, -0.25) is 4.99 Å². The van der Waals surface area contributed by atoms with Crippen molar-refractivity contribution in [3.05, 3.63) is 45.9 Å². The maximum atomic E-state index is 4.35. The van der Waals surface area contributed by atoms with Crippen LogP contribution in [0, 0.1) is 6.92 Å². The summed E-state index contributed by atoms with van der Waals surface area (Å²) in [6.45, 7) is 3.79. The Morgan fingerprint density at radius 3 is 2.75 bits per heavy atom. The number of nitrogens with zero attached hydrogens (tertiary/aromatic N) is 3. The Hall–Kier alpha value is -1.75. The molecule has 5 heteroatoms. The van der Waals surface area contributed by atoms with Gasteiger partial charge < -0.3 is 14.8 Å². The topological polar surface area (TPSA) is 32.6 Å². The average Bonchev–Trinajstić information content (AvgIpc) is 3.00. The van der Waals surface area contributed by atoms with Crippen LogP contribution in [0.3, 0.4) is 0 Å². The summed E-state index contributed by atoms with van der Waals surface area (Å²) in [5.74, 6) is 0.914. The van der Waals surface area contributed by atoms with Gasteiger partial charge in [-0.1, -0.05) is 0 Å². The van der Waals surface area contributed by atoms with Crippen LogP contribution in [0.25, 0.3) is 0 Å². The molecule has 0 bridgehead atoms. The lowest BCUT2D eigenvalue weighted by Crippen LogP contribution is -2.38. The summed E-state index contributed by atoms with van der Waals surface area (Å²) in [6.07, 6.45) is 2.06. The van der Waals surface area contributed by atoms with Crippen LogP contribution in [0.15, 0.2) is 35.5 Å². The van der Waals surface area contributed by atoms with Crippen molar-refractivity contribution in [1.29, 1.82) is 0 Å². The fourth-order valence-electron chi connectivity index (χ4n) is 2.11. The highest BCUT2D eigenvalue weighted by molar-refractivity contribution is 7.11. The molecular formula is C15H22N4S. The molecule has 2 heterocycles. The molecule has 0 saturated heterocycles. The van der Waals surface area contributed by atoms with E-state index in [2.05, 4.69) is 71.3 Å². The van der Waals surface area contributed by atoms with E-state index in [0.717, 1.165) is 19.0 Å². The number of nitrogens with one attached hydrogen (secondary N) is 1. The van der Waals surface area contributed by atoms with Gasteiger partial charge in [-0.2, -0.15) is 0 Å². The monoisotopic (exact) mass is 290 g/mol. The molecule has 0 amide bonds. The highest BCUT2D eigenvalue weighted by Gasteiger charge is 2.08. The van der Waals surface area contributed by atoms with Gasteiger partial charge in [-0.25, -0.2) is 0 Å². The van der Waals surface area contributed by atoms with E-state index in [1.54, 1.807) is 0 Å². The van der Waals surface area contributed by atoms with Crippen molar-refractivity contribution in [2.24, 2.45) is 12.0 Å². The molecule has 0 fully saturated rings. The zero-order valence-electron chi connectivity index (χ0n) is 12.6. The van der Waals surface area contributed by atoms with Crippen molar-refractivity contribution < 1.29 is 0 Å². The van der Waals surface area contributed by atoms with Crippen molar-refractivity contribution in [3.8, 4) is 0 Å². The van der Waals surface area contributed by atoms with Gasteiger partial charge in [-0.05, 0) is 31.2 Å². The number of rotatable bonds is 4. The Morgan fingerprint density at radius 1 is 1.40 bits per heavy atom. The molecule has 4 nitrogen and oxygen atoms in total. The first-order valence-corrected chi connectivity index (χ1v) is 7.49. The molecule has 0 unspecified atom stereocenters. The predicted octanol–water partition coefficient (Wildman–Crippen LogP) is 2.60.